The number of carbonyl (C=O) groups excluding carboxylic acids is 1. The summed E-state index contributed by atoms with van der Waals surface area (Å²) >= 11 is 0. The molecule has 0 bridgehead atoms. The Morgan fingerprint density at radius 1 is 0.808 bits per heavy atom. The van der Waals surface area contributed by atoms with Crippen LogP contribution in [0.5, 0.6) is 0 Å². The second-order valence-electron chi connectivity index (χ2n) is 6.53. The molecule has 3 aromatic heterocycles. The first-order chi connectivity index (χ1) is 12.8. The van der Waals surface area contributed by atoms with Crippen LogP contribution >= 0.6 is 0 Å². The Bertz CT molecular complexity index is 1410. The van der Waals surface area contributed by atoms with Crippen molar-refractivity contribution in [2.75, 3.05) is 0 Å². The third-order valence-corrected chi connectivity index (χ3v) is 5.09. The summed E-state index contributed by atoms with van der Waals surface area (Å²) in [7, 11) is 0. The van der Waals surface area contributed by atoms with Crippen molar-refractivity contribution in [3.63, 3.8) is 0 Å². The van der Waals surface area contributed by atoms with Crippen molar-refractivity contribution >= 4 is 38.7 Å². The minimum absolute atomic E-state index is 0.00233. The monoisotopic (exact) mass is 334 g/mol. The molecule has 0 unspecified atom stereocenters. The molecule has 4 heteroatoms. The number of hydrogen-bond acceptors (Lipinski definition) is 3. The molecule has 0 N–H and O–H groups in total. The van der Waals surface area contributed by atoms with Gasteiger partial charge in [-0.15, -0.1) is 4.57 Å². The van der Waals surface area contributed by atoms with Crippen LogP contribution in [0.25, 0.3) is 44.0 Å². The molecule has 0 aliphatic carbocycles. The Kier molecular flexibility index (Phi) is 2.46. The molecule has 4 nitrogen and oxygen atoms in total. The molecule has 26 heavy (non-hydrogen) atoms. The summed E-state index contributed by atoms with van der Waals surface area (Å²) in [5.74, 6) is -0.00233. The van der Waals surface area contributed by atoms with Gasteiger partial charge in [-0.2, -0.15) is 0 Å². The van der Waals surface area contributed by atoms with Gasteiger partial charge >= 0.3 is 5.91 Å². The maximum absolute atomic E-state index is 13.1. The normalized spacial score (nSPS) is 12.7. The minimum atomic E-state index is -0.00233. The Morgan fingerprint density at radius 2 is 1.65 bits per heavy atom. The molecule has 0 fully saturated rings. The Morgan fingerprint density at radius 3 is 2.58 bits per heavy atom. The van der Waals surface area contributed by atoms with Crippen molar-refractivity contribution in [3.8, 4) is 11.1 Å². The van der Waals surface area contributed by atoms with E-state index in [0.29, 0.717) is 5.65 Å². The molecule has 0 radical (unpaired) electrons. The van der Waals surface area contributed by atoms with Crippen LogP contribution in [0.1, 0.15) is 10.4 Å². The molecule has 2 aromatic carbocycles. The maximum atomic E-state index is 13.1. The third kappa shape index (κ3) is 1.63. The topological polar surface area (TPSA) is 46.7 Å². The molecule has 120 valence electrons. The van der Waals surface area contributed by atoms with Crippen molar-refractivity contribution in [3.05, 3.63) is 78.6 Å². The van der Waals surface area contributed by atoms with E-state index in [9.17, 15) is 4.79 Å². The number of fused-ring (bicyclic) bond motifs is 5. The van der Waals surface area contributed by atoms with Gasteiger partial charge in [0.1, 0.15) is 0 Å². The van der Waals surface area contributed by atoms with Gasteiger partial charge in [-0.1, -0.05) is 24.3 Å². The predicted molar refractivity (Wildman–Crippen MR) is 99.9 cm³/mol. The van der Waals surface area contributed by atoms with Gasteiger partial charge in [-0.3, -0.25) is 0 Å². The van der Waals surface area contributed by atoms with E-state index in [2.05, 4.69) is 11.1 Å². The van der Waals surface area contributed by atoms with Gasteiger partial charge in [0.05, 0.1) is 27.4 Å². The standard InChI is InChI=1S/C22H12N3O/c26-22-17-7-2-1-6-15(17)16-8-3-9-18-19-14(12-25(22)20(16)18)11-13-5-4-10-23-21(13)24-19/h1-12H/q+1. The molecule has 0 spiro atoms. The van der Waals surface area contributed by atoms with E-state index < -0.39 is 0 Å². The van der Waals surface area contributed by atoms with Gasteiger partial charge in [0.2, 0.25) is 5.52 Å². The Balaban J connectivity index is 1.87. The second-order valence-corrected chi connectivity index (χ2v) is 6.53. The summed E-state index contributed by atoms with van der Waals surface area (Å²) in [6, 6.07) is 19.8. The quantitative estimate of drug-likeness (QED) is 0.240. The molecule has 0 saturated heterocycles. The molecule has 0 saturated carbocycles. The van der Waals surface area contributed by atoms with Gasteiger partial charge in [-0.05, 0) is 36.4 Å². The van der Waals surface area contributed by atoms with Crippen molar-refractivity contribution in [2.45, 2.75) is 0 Å². The molecule has 6 rings (SSSR count). The smallest absolute Gasteiger partial charge is 0.237 e. The number of carbonyl (C=O) groups is 1. The van der Waals surface area contributed by atoms with Crippen molar-refractivity contribution in [2.24, 2.45) is 0 Å². The summed E-state index contributed by atoms with van der Waals surface area (Å²) in [5, 5.41) is 2.87. The van der Waals surface area contributed by atoms with Gasteiger partial charge in [0.25, 0.3) is 0 Å². The van der Waals surface area contributed by atoms with E-state index in [0.717, 1.165) is 43.9 Å². The van der Waals surface area contributed by atoms with Crippen LogP contribution in [0.15, 0.2) is 73.1 Å². The van der Waals surface area contributed by atoms with Crippen LogP contribution in [0, 0.1) is 0 Å². The highest BCUT2D eigenvalue weighted by Gasteiger charge is 2.33. The fraction of sp³-hybridized carbons (Fsp3) is 0. The number of pyridine rings is 3. The second kappa shape index (κ2) is 4.70. The Labute approximate surface area is 148 Å². The van der Waals surface area contributed by atoms with Gasteiger partial charge in [0, 0.05) is 17.1 Å². The summed E-state index contributed by atoms with van der Waals surface area (Å²) in [4.78, 5) is 22.3. The van der Waals surface area contributed by atoms with Crippen molar-refractivity contribution in [1.29, 1.82) is 0 Å². The summed E-state index contributed by atoms with van der Waals surface area (Å²) in [5.41, 5.74) is 5.26. The van der Waals surface area contributed by atoms with E-state index in [4.69, 9.17) is 4.98 Å². The van der Waals surface area contributed by atoms with E-state index >= 15 is 0 Å². The van der Waals surface area contributed by atoms with Gasteiger partial charge < -0.3 is 0 Å². The van der Waals surface area contributed by atoms with E-state index in [1.807, 2.05) is 60.8 Å². The number of para-hydroxylation sites is 1. The average molecular weight is 334 g/mol. The molecule has 0 atom stereocenters. The lowest BCUT2D eigenvalue weighted by atomic mass is 9.92. The lowest BCUT2D eigenvalue weighted by Crippen LogP contribution is -2.45. The average Bonchev–Trinajstić information content (AvgIpc) is 2.70. The number of nitrogens with zero attached hydrogens (tertiary/aromatic N) is 3. The molecular weight excluding hydrogens is 322 g/mol. The largest absolute Gasteiger partial charge is 0.425 e. The number of rotatable bonds is 0. The zero-order chi connectivity index (χ0) is 17.3. The summed E-state index contributed by atoms with van der Waals surface area (Å²) < 4.78 is 1.76. The highest BCUT2D eigenvalue weighted by atomic mass is 16.2. The van der Waals surface area contributed by atoms with Crippen LogP contribution in [-0.2, 0) is 0 Å². The van der Waals surface area contributed by atoms with Crippen LogP contribution < -0.4 is 4.57 Å². The molecule has 5 aromatic rings. The molecule has 0 amide bonds. The van der Waals surface area contributed by atoms with Crippen LogP contribution in [0.2, 0.25) is 0 Å². The number of benzene rings is 2. The predicted octanol–water partition coefficient (Wildman–Crippen LogP) is 3.89. The third-order valence-electron chi connectivity index (χ3n) is 5.09. The van der Waals surface area contributed by atoms with Crippen molar-refractivity contribution in [1.82, 2.24) is 9.97 Å². The number of aromatic nitrogens is 3. The highest BCUT2D eigenvalue weighted by Crippen LogP contribution is 2.35. The molecular formula is C22H12N3O+. The van der Waals surface area contributed by atoms with E-state index in [-0.39, 0.29) is 5.91 Å². The van der Waals surface area contributed by atoms with E-state index in [1.54, 1.807) is 10.8 Å². The maximum Gasteiger partial charge on any atom is 0.425 e. The van der Waals surface area contributed by atoms with Crippen LogP contribution in [0.4, 0.5) is 0 Å². The lowest BCUT2D eigenvalue weighted by Gasteiger charge is -2.15. The molecule has 1 aliphatic heterocycles. The zero-order valence-corrected chi connectivity index (χ0v) is 13.7. The SMILES string of the molecule is O=C1c2ccccc2-c2cccc3c4nc5ncccc5cc4c[n+]1c23. The first kappa shape index (κ1) is 13.6. The van der Waals surface area contributed by atoms with Crippen LogP contribution in [0.3, 0.4) is 0 Å². The van der Waals surface area contributed by atoms with Gasteiger partial charge in [-0.25, -0.2) is 14.8 Å². The molecule has 4 heterocycles. The number of hydrogen-bond donors (Lipinski definition) is 0. The van der Waals surface area contributed by atoms with E-state index in [1.165, 1.54) is 0 Å². The van der Waals surface area contributed by atoms with Crippen LogP contribution in [-0.4, -0.2) is 15.9 Å². The zero-order valence-electron chi connectivity index (χ0n) is 13.7. The minimum Gasteiger partial charge on any atom is -0.237 e. The summed E-state index contributed by atoms with van der Waals surface area (Å²) in [6.45, 7) is 0. The lowest BCUT2D eigenvalue weighted by molar-refractivity contribution is -0.541. The fourth-order valence-corrected chi connectivity index (χ4v) is 3.95. The first-order valence-corrected chi connectivity index (χ1v) is 8.48. The Hall–Kier alpha value is -3.66. The molecule has 1 aliphatic rings. The first-order valence-electron chi connectivity index (χ1n) is 8.48. The fourth-order valence-electron chi connectivity index (χ4n) is 3.95. The van der Waals surface area contributed by atoms with Gasteiger partial charge in [0.15, 0.2) is 11.8 Å². The summed E-state index contributed by atoms with van der Waals surface area (Å²) in [6.07, 6.45) is 3.65. The van der Waals surface area contributed by atoms with Crippen molar-refractivity contribution < 1.29 is 9.36 Å². The highest BCUT2D eigenvalue weighted by molar-refractivity contribution is 6.13.